The van der Waals surface area contributed by atoms with Crippen molar-refractivity contribution >= 4 is 33.1 Å². The summed E-state index contributed by atoms with van der Waals surface area (Å²) in [6.07, 6.45) is 0. The molecule has 0 N–H and O–H groups in total. The van der Waals surface area contributed by atoms with Crippen LogP contribution < -0.4 is 0 Å². The van der Waals surface area contributed by atoms with Gasteiger partial charge in [-0.05, 0) is 0 Å². The minimum absolute atomic E-state index is 0.0237. The lowest BCUT2D eigenvalue weighted by atomic mass is 10.1. The van der Waals surface area contributed by atoms with Gasteiger partial charge in [-0.3, -0.25) is 0 Å². The monoisotopic (exact) mass is 414 g/mol. The minimum atomic E-state index is -0.294. The van der Waals surface area contributed by atoms with E-state index < -0.39 is 0 Å². The maximum atomic E-state index is 9.29. The van der Waals surface area contributed by atoms with E-state index in [1.165, 1.54) is 0 Å². The summed E-state index contributed by atoms with van der Waals surface area (Å²) in [6, 6.07) is 10.5. The zero-order chi connectivity index (χ0) is 23.4. The van der Waals surface area contributed by atoms with Gasteiger partial charge in [-0.15, -0.1) is 0 Å². The second-order valence-corrected chi connectivity index (χ2v) is 5.52. The van der Waals surface area contributed by atoms with E-state index >= 15 is 0 Å². The number of rotatable bonds is 0. The molecular formula is C20H6N12. The van der Waals surface area contributed by atoms with Gasteiger partial charge in [-0.1, -0.05) is 13.8 Å². The fraction of sp³-hybridized carbons (Fsp3) is 0.100. The highest BCUT2D eigenvalue weighted by Gasteiger charge is 2.22. The molecule has 32 heavy (non-hydrogen) atoms. The molecule has 4 aromatic rings. The summed E-state index contributed by atoms with van der Waals surface area (Å²) in [6.45, 7) is 4.00. The average molecular weight is 414 g/mol. The number of hydrogen-bond donors (Lipinski definition) is 0. The van der Waals surface area contributed by atoms with Gasteiger partial charge in [0.05, 0.1) is 0 Å². The van der Waals surface area contributed by atoms with Crippen molar-refractivity contribution in [1.82, 2.24) is 29.9 Å². The zero-order valence-corrected chi connectivity index (χ0v) is 16.4. The van der Waals surface area contributed by atoms with Gasteiger partial charge in [0, 0.05) is 0 Å². The Bertz CT molecular complexity index is 1350. The Labute approximate surface area is 179 Å². The van der Waals surface area contributed by atoms with Crippen LogP contribution in [-0.4, -0.2) is 29.9 Å². The summed E-state index contributed by atoms with van der Waals surface area (Å²) in [4.78, 5) is 24.7. The van der Waals surface area contributed by atoms with E-state index in [2.05, 4.69) is 29.9 Å². The highest BCUT2D eigenvalue weighted by Crippen LogP contribution is 2.30. The van der Waals surface area contributed by atoms with Gasteiger partial charge in [-0.2, -0.15) is 31.6 Å². The maximum absolute atomic E-state index is 9.29. The molecule has 3 heterocycles. The van der Waals surface area contributed by atoms with E-state index in [1.807, 2.05) is 13.8 Å². The first kappa shape index (κ1) is 20.9. The molecule has 0 unspecified atom stereocenters. The summed E-state index contributed by atoms with van der Waals surface area (Å²) >= 11 is 0. The van der Waals surface area contributed by atoms with Crippen LogP contribution in [0.4, 0.5) is 0 Å². The van der Waals surface area contributed by atoms with Crippen LogP contribution in [0.3, 0.4) is 0 Å². The molecule has 0 saturated heterocycles. The molecule has 4 rings (SSSR count). The van der Waals surface area contributed by atoms with Gasteiger partial charge >= 0.3 is 0 Å². The molecule has 0 bridgehead atoms. The van der Waals surface area contributed by atoms with Crippen LogP contribution in [-0.2, 0) is 0 Å². The predicted octanol–water partition coefficient (Wildman–Crippen LogP) is 1.77. The number of benzene rings is 1. The Morgan fingerprint density at radius 2 is 0.469 bits per heavy atom. The van der Waals surface area contributed by atoms with E-state index in [-0.39, 0.29) is 67.3 Å². The van der Waals surface area contributed by atoms with Crippen LogP contribution in [0.2, 0.25) is 0 Å². The van der Waals surface area contributed by atoms with Crippen LogP contribution in [0.15, 0.2) is 0 Å². The van der Waals surface area contributed by atoms with Gasteiger partial charge in [0.1, 0.15) is 69.5 Å². The van der Waals surface area contributed by atoms with Crippen molar-refractivity contribution in [3.63, 3.8) is 0 Å². The highest BCUT2D eigenvalue weighted by molar-refractivity contribution is 6.18. The predicted molar refractivity (Wildman–Crippen MR) is 105 cm³/mol. The molecule has 12 nitrogen and oxygen atoms in total. The Balaban J connectivity index is 0.00000141. The van der Waals surface area contributed by atoms with Crippen molar-refractivity contribution in [3.05, 3.63) is 34.2 Å². The van der Waals surface area contributed by atoms with E-state index in [1.54, 1.807) is 36.4 Å². The first-order chi connectivity index (χ1) is 15.6. The Kier molecular flexibility index (Phi) is 5.41. The fourth-order valence-electron chi connectivity index (χ4n) is 2.76. The standard InChI is InChI=1S/C18N12.C2H6/c19-1-7-8(2-20)26-14-13(25-7)15-17(29-10(4-22)9(3-21)27-15)18-16(14)28-11(5-23)12(6-24)30-18;1-2/h;1-2H3. The minimum Gasteiger partial charge on any atom is -0.230 e. The third-order valence-corrected chi connectivity index (χ3v) is 4.00. The van der Waals surface area contributed by atoms with Crippen LogP contribution in [0.5, 0.6) is 0 Å². The quantitative estimate of drug-likeness (QED) is 0.375. The second kappa shape index (κ2) is 8.27. The molecule has 0 aliphatic heterocycles. The number of aromatic nitrogens is 6. The number of nitrogens with zero attached hydrogens (tertiary/aromatic N) is 12. The molecule has 146 valence electrons. The third kappa shape index (κ3) is 2.97. The van der Waals surface area contributed by atoms with Crippen LogP contribution >= 0.6 is 0 Å². The average Bonchev–Trinajstić information content (AvgIpc) is 2.87. The molecule has 12 heteroatoms. The molecule has 0 spiro atoms. The van der Waals surface area contributed by atoms with Crippen molar-refractivity contribution in [2.45, 2.75) is 13.8 Å². The lowest BCUT2D eigenvalue weighted by Crippen LogP contribution is -2.05. The van der Waals surface area contributed by atoms with Crippen LogP contribution in [0, 0.1) is 68.0 Å². The van der Waals surface area contributed by atoms with Gasteiger partial charge in [0.15, 0.2) is 34.2 Å². The third-order valence-electron chi connectivity index (χ3n) is 4.00. The summed E-state index contributed by atoms with van der Waals surface area (Å²) in [5.41, 5.74) is -1.91. The van der Waals surface area contributed by atoms with Crippen LogP contribution in [0.1, 0.15) is 48.0 Å². The van der Waals surface area contributed by atoms with Crippen molar-refractivity contribution in [2.75, 3.05) is 0 Å². The largest absolute Gasteiger partial charge is 0.230 e. The first-order valence-electron chi connectivity index (χ1n) is 8.77. The number of nitriles is 6. The number of hydrogen-bond acceptors (Lipinski definition) is 12. The van der Waals surface area contributed by atoms with Crippen molar-refractivity contribution in [2.24, 2.45) is 0 Å². The molecule has 0 fully saturated rings. The molecule has 0 amide bonds. The van der Waals surface area contributed by atoms with Crippen molar-refractivity contribution < 1.29 is 0 Å². The van der Waals surface area contributed by atoms with Crippen molar-refractivity contribution in [3.8, 4) is 36.4 Å². The molecule has 0 atom stereocenters. The van der Waals surface area contributed by atoms with E-state index in [9.17, 15) is 31.6 Å². The normalized spacial score (nSPS) is 9.38. The van der Waals surface area contributed by atoms with Gasteiger partial charge < -0.3 is 0 Å². The summed E-state index contributed by atoms with van der Waals surface area (Å²) in [7, 11) is 0. The molecule has 0 saturated carbocycles. The molecular weight excluding hydrogens is 408 g/mol. The molecule has 1 aromatic carbocycles. The lowest BCUT2D eigenvalue weighted by molar-refractivity contribution is 1.15. The Hall–Kier alpha value is -5.82. The molecule has 0 aliphatic carbocycles. The summed E-state index contributed by atoms with van der Waals surface area (Å²) in [5, 5.41) is 55.7. The molecule has 0 radical (unpaired) electrons. The maximum Gasteiger partial charge on any atom is 0.177 e. The smallest absolute Gasteiger partial charge is 0.177 e. The fourth-order valence-corrected chi connectivity index (χ4v) is 2.76. The van der Waals surface area contributed by atoms with Crippen molar-refractivity contribution in [1.29, 1.82) is 31.6 Å². The first-order valence-corrected chi connectivity index (χ1v) is 8.77. The van der Waals surface area contributed by atoms with Crippen LogP contribution in [0.25, 0.3) is 33.1 Å². The molecule has 0 aliphatic rings. The zero-order valence-electron chi connectivity index (χ0n) is 16.4. The lowest BCUT2D eigenvalue weighted by Gasteiger charge is -2.09. The van der Waals surface area contributed by atoms with Gasteiger partial charge in [0.25, 0.3) is 0 Å². The SMILES string of the molecule is CC.N#Cc1nc2c3nc(C#N)c(C#N)nc3c3nc(C#N)c(C#N)nc3c2nc1C#N. The van der Waals surface area contributed by atoms with Gasteiger partial charge in [-0.25, -0.2) is 29.9 Å². The Morgan fingerprint density at radius 1 is 0.344 bits per heavy atom. The number of fused-ring (bicyclic) bond motifs is 6. The molecule has 3 aromatic heterocycles. The van der Waals surface area contributed by atoms with E-state index in [0.717, 1.165) is 0 Å². The topological polar surface area (TPSA) is 220 Å². The Morgan fingerprint density at radius 3 is 0.562 bits per heavy atom. The van der Waals surface area contributed by atoms with Gasteiger partial charge in [0.2, 0.25) is 0 Å². The summed E-state index contributed by atoms with van der Waals surface area (Å²) < 4.78 is 0. The van der Waals surface area contributed by atoms with E-state index in [0.29, 0.717) is 0 Å². The summed E-state index contributed by atoms with van der Waals surface area (Å²) in [5.74, 6) is 0. The second-order valence-electron chi connectivity index (χ2n) is 5.52. The van der Waals surface area contributed by atoms with E-state index in [4.69, 9.17) is 0 Å². The highest BCUT2D eigenvalue weighted by atomic mass is 14.9.